The summed E-state index contributed by atoms with van der Waals surface area (Å²) >= 11 is 0. The van der Waals surface area contributed by atoms with E-state index in [4.69, 9.17) is 5.26 Å². The second-order valence-electron chi connectivity index (χ2n) is 4.37. The summed E-state index contributed by atoms with van der Waals surface area (Å²) in [7, 11) is 0. The molecule has 0 aliphatic carbocycles. The molecular formula is C14H23NO. The van der Waals surface area contributed by atoms with Crippen molar-refractivity contribution in [3.8, 4) is 6.07 Å². The minimum Gasteiger partial charge on any atom is -0.300 e. The Kier molecular flexibility index (Phi) is 9.70. The molecule has 0 heterocycles. The molecule has 0 aliphatic rings. The quantitative estimate of drug-likeness (QED) is 0.436. The summed E-state index contributed by atoms with van der Waals surface area (Å²) in [6.45, 7) is 4.16. The highest BCUT2D eigenvalue weighted by Gasteiger charge is 2.05. The molecule has 0 saturated heterocycles. The van der Waals surface area contributed by atoms with Crippen LogP contribution < -0.4 is 0 Å². The van der Waals surface area contributed by atoms with Gasteiger partial charge in [0.25, 0.3) is 0 Å². The Balaban J connectivity index is 3.51. The molecule has 0 aliphatic heterocycles. The molecule has 0 bridgehead atoms. The molecule has 0 fully saturated rings. The van der Waals surface area contributed by atoms with E-state index in [1.165, 1.54) is 31.8 Å². The zero-order valence-electron chi connectivity index (χ0n) is 10.5. The van der Waals surface area contributed by atoms with Crippen molar-refractivity contribution in [1.29, 1.82) is 5.26 Å². The summed E-state index contributed by atoms with van der Waals surface area (Å²) < 4.78 is 0. The average Bonchev–Trinajstić information content (AvgIpc) is 2.26. The Hall–Kier alpha value is -1.10. The number of Topliss-reactive ketones (excluding diaryl/α,β-unsaturated/α-hetero) is 1. The molecule has 0 aromatic carbocycles. The van der Waals surface area contributed by atoms with Crippen LogP contribution in [0.4, 0.5) is 0 Å². The fourth-order valence-electron chi connectivity index (χ4n) is 1.66. The van der Waals surface area contributed by atoms with Crippen LogP contribution in [0.25, 0.3) is 0 Å². The molecule has 1 atom stereocenters. The van der Waals surface area contributed by atoms with Gasteiger partial charge in [-0.1, -0.05) is 45.6 Å². The number of unbranched alkanes of at least 4 members (excludes halogenated alkanes) is 4. The van der Waals surface area contributed by atoms with E-state index < -0.39 is 0 Å². The zero-order chi connectivity index (χ0) is 12.2. The second kappa shape index (κ2) is 10.4. The number of ketones is 1. The number of nitriles is 1. The first-order valence-electron chi connectivity index (χ1n) is 6.28. The predicted octanol–water partition coefficient (Wildman–Crippen LogP) is 4.02. The van der Waals surface area contributed by atoms with Crippen molar-refractivity contribution < 1.29 is 4.79 Å². The van der Waals surface area contributed by atoms with Crippen LogP contribution in [-0.2, 0) is 4.79 Å². The monoisotopic (exact) mass is 221 g/mol. The summed E-state index contributed by atoms with van der Waals surface area (Å²) in [6, 6.07) is 1.95. The third-order valence-electron chi connectivity index (χ3n) is 2.61. The highest BCUT2D eigenvalue weighted by Crippen LogP contribution is 2.10. The lowest BCUT2D eigenvalue weighted by Crippen LogP contribution is -2.03. The Morgan fingerprint density at radius 2 is 2.00 bits per heavy atom. The van der Waals surface area contributed by atoms with Crippen LogP contribution in [0, 0.1) is 17.2 Å². The molecule has 2 heteroatoms. The van der Waals surface area contributed by atoms with Gasteiger partial charge in [-0.2, -0.15) is 5.26 Å². The van der Waals surface area contributed by atoms with Crippen LogP contribution in [0.3, 0.4) is 0 Å². The van der Waals surface area contributed by atoms with Crippen LogP contribution in [-0.4, -0.2) is 5.78 Å². The minimum absolute atomic E-state index is 0.197. The van der Waals surface area contributed by atoms with Gasteiger partial charge in [-0.25, -0.2) is 0 Å². The highest BCUT2D eigenvalue weighted by atomic mass is 16.1. The fourth-order valence-corrected chi connectivity index (χ4v) is 1.66. The van der Waals surface area contributed by atoms with Crippen LogP contribution >= 0.6 is 0 Å². The first kappa shape index (κ1) is 14.9. The van der Waals surface area contributed by atoms with Gasteiger partial charge in [0.2, 0.25) is 0 Å². The minimum atomic E-state index is 0.197. The van der Waals surface area contributed by atoms with E-state index >= 15 is 0 Å². The molecule has 2 nitrogen and oxygen atoms in total. The van der Waals surface area contributed by atoms with Crippen LogP contribution in [0.2, 0.25) is 0 Å². The molecule has 1 unspecified atom stereocenters. The molecule has 0 spiro atoms. The third-order valence-corrected chi connectivity index (χ3v) is 2.61. The van der Waals surface area contributed by atoms with E-state index in [2.05, 4.69) is 6.92 Å². The van der Waals surface area contributed by atoms with Gasteiger partial charge in [0.1, 0.15) is 5.78 Å². The molecule has 0 aromatic rings. The van der Waals surface area contributed by atoms with E-state index in [0.717, 1.165) is 6.42 Å². The first-order chi connectivity index (χ1) is 7.70. The Morgan fingerprint density at radius 3 is 2.62 bits per heavy atom. The molecule has 0 rings (SSSR count). The number of rotatable bonds is 9. The van der Waals surface area contributed by atoms with Gasteiger partial charge < -0.3 is 0 Å². The van der Waals surface area contributed by atoms with Gasteiger partial charge in [0.15, 0.2) is 0 Å². The summed E-state index contributed by atoms with van der Waals surface area (Å²) in [6.07, 6.45) is 10.5. The number of hydrogen-bond donors (Lipinski definition) is 0. The third kappa shape index (κ3) is 9.45. The van der Waals surface area contributed by atoms with E-state index in [-0.39, 0.29) is 5.92 Å². The van der Waals surface area contributed by atoms with E-state index in [1.807, 2.05) is 13.0 Å². The van der Waals surface area contributed by atoms with Crippen molar-refractivity contribution in [2.75, 3.05) is 0 Å². The largest absolute Gasteiger partial charge is 0.300 e. The van der Waals surface area contributed by atoms with Gasteiger partial charge in [-0.3, -0.25) is 4.79 Å². The lowest BCUT2D eigenvalue weighted by atomic mass is 10.00. The standard InChI is InChI=1S/C14H23NO/c1-3-4-5-6-7-10-14(16)12-13(2)9-8-11-15/h8-9,13H,3-7,10,12H2,1-2H3. The Labute approximate surface area is 99.3 Å². The number of nitrogens with zero attached hydrogens (tertiary/aromatic N) is 1. The molecule has 90 valence electrons. The van der Waals surface area contributed by atoms with Crippen molar-refractivity contribution in [3.63, 3.8) is 0 Å². The maximum absolute atomic E-state index is 11.5. The zero-order valence-corrected chi connectivity index (χ0v) is 10.5. The van der Waals surface area contributed by atoms with Gasteiger partial charge in [-0.15, -0.1) is 0 Å². The van der Waals surface area contributed by atoms with Gasteiger partial charge in [0.05, 0.1) is 6.07 Å². The fraction of sp³-hybridized carbons (Fsp3) is 0.714. The molecule has 0 radical (unpaired) electrons. The summed E-state index contributed by atoms with van der Waals surface area (Å²) in [5.74, 6) is 0.523. The number of allylic oxidation sites excluding steroid dienone is 2. The summed E-state index contributed by atoms with van der Waals surface area (Å²) in [5.41, 5.74) is 0. The van der Waals surface area contributed by atoms with Crippen LogP contribution in [0.15, 0.2) is 12.2 Å². The van der Waals surface area contributed by atoms with Crippen molar-refractivity contribution in [3.05, 3.63) is 12.2 Å². The first-order valence-corrected chi connectivity index (χ1v) is 6.28. The lowest BCUT2D eigenvalue weighted by molar-refractivity contribution is -0.119. The molecular weight excluding hydrogens is 198 g/mol. The van der Waals surface area contributed by atoms with Crippen LogP contribution in [0.1, 0.15) is 58.8 Å². The van der Waals surface area contributed by atoms with E-state index in [0.29, 0.717) is 18.6 Å². The normalized spacial score (nSPS) is 12.6. The molecule has 16 heavy (non-hydrogen) atoms. The Morgan fingerprint density at radius 1 is 1.31 bits per heavy atom. The van der Waals surface area contributed by atoms with Gasteiger partial charge in [0, 0.05) is 18.9 Å². The van der Waals surface area contributed by atoms with E-state index in [1.54, 1.807) is 6.08 Å². The molecule has 0 amide bonds. The van der Waals surface area contributed by atoms with E-state index in [9.17, 15) is 4.79 Å². The highest BCUT2D eigenvalue weighted by molar-refractivity contribution is 5.78. The number of hydrogen-bond acceptors (Lipinski definition) is 2. The van der Waals surface area contributed by atoms with Gasteiger partial charge >= 0.3 is 0 Å². The SMILES string of the molecule is CCCCCCCC(=O)CC(C)C=CC#N. The average molecular weight is 221 g/mol. The summed E-state index contributed by atoms with van der Waals surface area (Å²) in [4.78, 5) is 11.5. The maximum atomic E-state index is 11.5. The van der Waals surface area contributed by atoms with Crippen LogP contribution in [0.5, 0.6) is 0 Å². The summed E-state index contributed by atoms with van der Waals surface area (Å²) in [5, 5.41) is 8.35. The molecule has 0 aromatic heterocycles. The van der Waals surface area contributed by atoms with Crippen molar-refractivity contribution in [1.82, 2.24) is 0 Å². The van der Waals surface area contributed by atoms with Crippen molar-refractivity contribution in [2.45, 2.75) is 58.8 Å². The molecule has 0 N–H and O–H groups in total. The number of carbonyl (C=O) groups excluding carboxylic acids is 1. The number of carbonyl (C=O) groups is 1. The maximum Gasteiger partial charge on any atom is 0.133 e. The topological polar surface area (TPSA) is 40.9 Å². The van der Waals surface area contributed by atoms with Crippen molar-refractivity contribution in [2.24, 2.45) is 5.92 Å². The van der Waals surface area contributed by atoms with Gasteiger partial charge in [-0.05, 0) is 12.3 Å². The predicted molar refractivity (Wildman–Crippen MR) is 66.9 cm³/mol. The second-order valence-corrected chi connectivity index (χ2v) is 4.37. The Bertz CT molecular complexity index is 250. The van der Waals surface area contributed by atoms with Crippen molar-refractivity contribution >= 4 is 5.78 Å². The lowest BCUT2D eigenvalue weighted by Gasteiger charge is -2.04. The smallest absolute Gasteiger partial charge is 0.133 e. The molecule has 0 saturated carbocycles.